The van der Waals surface area contributed by atoms with Crippen LogP contribution < -0.4 is 10.2 Å². The molecule has 1 aliphatic rings. The molecule has 0 aliphatic carbocycles. The third kappa shape index (κ3) is 3.87. The van der Waals surface area contributed by atoms with Crippen LogP contribution >= 0.6 is 11.3 Å². The van der Waals surface area contributed by atoms with Crippen molar-refractivity contribution in [2.24, 2.45) is 5.92 Å². The third-order valence-electron chi connectivity index (χ3n) is 4.31. The minimum Gasteiger partial charge on any atom is -0.311 e. The number of hydrogen-bond donors (Lipinski definition) is 1. The first-order chi connectivity index (χ1) is 12.0. The summed E-state index contributed by atoms with van der Waals surface area (Å²) < 4.78 is 0. The Balaban J connectivity index is 1.69. The SMILES string of the molecule is CCCc1nnc(NC(=O)C2CC(=O)N(c3cc(C)ccc3C)C2)s1. The highest BCUT2D eigenvalue weighted by atomic mass is 32.1. The van der Waals surface area contributed by atoms with E-state index in [4.69, 9.17) is 0 Å². The Morgan fingerprint density at radius 1 is 1.36 bits per heavy atom. The summed E-state index contributed by atoms with van der Waals surface area (Å²) in [6.45, 7) is 6.45. The summed E-state index contributed by atoms with van der Waals surface area (Å²) in [6.07, 6.45) is 2.07. The second kappa shape index (κ2) is 7.31. The van der Waals surface area contributed by atoms with Gasteiger partial charge in [0.15, 0.2) is 0 Å². The molecule has 0 radical (unpaired) electrons. The van der Waals surface area contributed by atoms with Crippen molar-refractivity contribution in [1.29, 1.82) is 0 Å². The fourth-order valence-corrected chi connectivity index (χ4v) is 3.80. The predicted molar refractivity (Wildman–Crippen MR) is 98.9 cm³/mol. The number of nitrogens with zero attached hydrogens (tertiary/aromatic N) is 3. The van der Waals surface area contributed by atoms with E-state index < -0.39 is 0 Å². The van der Waals surface area contributed by atoms with Gasteiger partial charge in [-0.05, 0) is 37.5 Å². The van der Waals surface area contributed by atoms with Crippen LogP contribution in [0.25, 0.3) is 0 Å². The van der Waals surface area contributed by atoms with Crippen molar-refractivity contribution >= 4 is 34.0 Å². The molecule has 0 saturated carbocycles. The molecule has 1 saturated heterocycles. The fourth-order valence-electron chi connectivity index (χ4n) is 2.95. The van der Waals surface area contributed by atoms with Crippen LogP contribution in [0.1, 0.15) is 35.9 Å². The number of aromatic nitrogens is 2. The molecule has 1 aliphatic heterocycles. The quantitative estimate of drug-likeness (QED) is 0.891. The van der Waals surface area contributed by atoms with Crippen LogP contribution in [0.3, 0.4) is 0 Å². The molecule has 2 aromatic rings. The molecular formula is C18H22N4O2S. The largest absolute Gasteiger partial charge is 0.311 e. The number of aryl methyl sites for hydroxylation is 3. The number of rotatable bonds is 5. The highest BCUT2D eigenvalue weighted by Gasteiger charge is 2.36. The molecule has 3 rings (SSSR count). The van der Waals surface area contributed by atoms with E-state index in [0.717, 1.165) is 34.7 Å². The van der Waals surface area contributed by atoms with E-state index in [1.165, 1.54) is 11.3 Å². The maximum absolute atomic E-state index is 12.5. The number of carbonyl (C=O) groups excluding carboxylic acids is 2. The van der Waals surface area contributed by atoms with Gasteiger partial charge in [0.05, 0.1) is 5.92 Å². The first-order valence-corrected chi connectivity index (χ1v) is 9.30. The molecule has 6 nitrogen and oxygen atoms in total. The molecule has 25 heavy (non-hydrogen) atoms. The summed E-state index contributed by atoms with van der Waals surface area (Å²) in [5.41, 5.74) is 3.02. The van der Waals surface area contributed by atoms with E-state index in [1.54, 1.807) is 4.90 Å². The monoisotopic (exact) mass is 358 g/mol. The lowest BCUT2D eigenvalue weighted by Crippen LogP contribution is -2.28. The number of nitrogens with one attached hydrogen (secondary N) is 1. The van der Waals surface area contributed by atoms with E-state index in [0.29, 0.717) is 11.7 Å². The highest BCUT2D eigenvalue weighted by Crippen LogP contribution is 2.29. The van der Waals surface area contributed by atoms with Gasteiger partial charge >= 0.3 is 0 Å². The van der Waals surface area contributed by atoms with Crippen LogP contribution in [-0.4, -0.2) is 28.6 Å². The zero-order chi connectivity index (χ0) is 18.0. The molecule has 1 aromatic carbocycles. The topological polar surface area (TPSA) is 75.2 Å². The summed E-state index contributed by atoms with van der Waals surface area (Å²) in [7, 11) is 0. The first kappa shape index (κ1) is 17.5. The van der Waals surface area contributed by atoms with Gasteiger partial charge in [0, 0.05) is 25.1 Å². The zero-order valence-corrected chi connectivity index (χ0v) is 15.5. The summed E-state index contributed by atoms with van der Waals surface area (Å²) in [5, 5.41) is 12.3. The van der Waals surface area contributed by atoms with Crippen molar-refractivity contribution in [2.45, 2.75) is 40.0 Å². The van der Waals surface area contributed by atoms with E-state index in [-0.39, 0.29) is 24.2 Å². The Hall–Kier alpha value is -2.28. The highest BCUT2D eigenvalue weighted by molar-refractivity contribution is 7.15. The van der Waals surface area contributed by atoms with Crippen molar-refractivity contribution in [3.8, 4) is 0 Å². The van der Waals surface area contributed by atoms with Gasteiger partial charge in [-0.2, -0.15) is 0 Å². The third-order valence-corrected chi connectivity index (χ3v) is 5.21. The molecule has 1 atom stereocenters. The van der Waals surface area contributed by atoms with Gasteiger partial charge in [-0.3, -0.25) is 9.59 Å². The van der Waals surface area contributed by atoms with Crippen LogP contribution in [0.4, 0.5) is 10.8 Å². The number of anilines is 2. The maximum atomic E-state index is 12.5. The number of hydrogen-bond acceptors (Lipinski definition) is 5. The molecule has 7 heteroatoms. The predicted octanol–water partition coefficient (Wildman–Crippen LogP) is 3.10. The summed E-state index contributed by atoms with van der Waals surface area (Å²) in [4.78, 5) is 26.6. The molecule has 132 valence electrons. The lowest BCUT2D eigenvalue weighted by atomic mass is 10.1. The Labute approximate surface area is 151 Å². The lowest BCUT2D eigenvalue weighted by Gasteiger charge is -2.19. The Morgan fingerprint density at radius 3 is 2.92 bits per heavy atom. The van der Waals surface area contributed by atoms with Gasteiger partial charge in [-0.1, -0.05) is 30.4 Å². The zero-order valence-electron chi connectivity index (χ0n) is 14.7. The summed E-state index contributed by atoms with van der Waals surface area (Å²) in [6, 6.07) is 6.02. The van der Waals surface area contributed by atoms with Crippen LogP contribution in [0.15, 0.2) is 18.2 Å². The molecule has 2 amide bonds. The van der Waals surface area contributed by atoms with Gasteiger partial charge in [0.2, 0.25) is 16.9 Å². The van der Waals surface area contributed by atoms with E-state index >= 15 is 0 Å². The molecule has 2 heterocycles. The molecule has 1 fully saturated rings. The standard InChI is InChI=1S/C18H22N4O2S/c1-4-5-15-20-21-18(25-15)19-17(24)13-9-16(23)22(10-13)14-8-11(2)6-7-12(14)3/h6-8,13H,4-5,9-10H2,1-3H3,(H,19,21,24). The van der Waals surface area contributed by atoms with Crippen molar-refractivity contribution in [2.75, 3.05) is 16.8 Å². The van der Waals surface area contributed by atoms with Gasteiger partial charge in [-0.25, -0.2) is 0 Å². The van der Waals surface area contributed by atoms with Crippen LogP contribution in [0.2, 0.25) is 0 Å². The fraction of sp³-hybridized carbons (Fsp3) is 0.444. The van der Waals surface area contributed by atoms with Crippen molar-refractivity contribution in [3.63, 3.8) is 0 Å². The second-order valence-corrected chi connectivity index (χ2v) is 7.50. The Kier molecular flexibility index (Phi) is 5.13. The van der Waals surface area contributed by atoms with Gasteiger partial charge in [0.1, 0.15) is 5.01 Å². The summed E-state index contributed by atoms with van der Waals surface area (Å²) >= 11 is 1.39. The van der Waals surface area contributed by atoms with Crippen molar-refractivity contribution in [3.05, 3.63) is 34.3 Å². The van der Waals surface area contributed by atoms with Crippen LogP contribution in [-0.2, 0) is 16.0 Å². The number of amides is 2. The molecule has 0 spiro atoms. The molecule has 1 unspecified atom stereocenters. The average Bonchev–Trinajstić information content (AvgIpc) is 3.17. The smallest absolute Gasteiger partial charge is 0.231 e. The Bertz CT molecular complexity index is 802. The molecular weight excluding hydrogens is 336 g/mol. The molecule has 1 N–H and O–H groups in total. The first-order valence-electron chi connectivity index (χ1n) is 8.48. The minimum atomic E-state index is -0.370. The van der Waals surface area contributed by atoms with Crippen LogP contribution in [0.5, 0.6) is 0 Å². The maximum Gasteiger partial charge on any atom is 0.231 e. The lowest BCUT2D eigenvalue weighted by molar-refractivity contribution is -0.122. The Morgan fingerprint density at radius 2 is 2.16 bits per heavy atom. The van der Waals surface area contributed by atoms with Gasteiger partial charge < -0.3 is 10.2 Å². The number of benzene rings is 1. The molecule has 1 aromatic heterocycles. The number of carbonyl (C=O) groups is 2. The van der Waals surface area contributed by atoms with Crippen molar-refractivity contribution < 1.29 is 9.59 Å². The summed E-state index contributed by atoms with van der Waals surface area (Å²) in [5.74, 6) is -0.552. The van der Waals surface area contributed by atoms with Crippen molar-refractivity contribution in [1.82, 2.24) is 10.2 Å². The van der Waals surface area contributed by atoms with E-state index in [2.05, 4.69) is 22.4 Å². The van der Waals surface area contributed by atoms with E-state index in [1.807, 2.05) is 32.0 Å². The molecule has 0 bridgehead atoms. The average molecular weight is 358 g/mol. The van der Waals surface area contributed by atoms with E-state index in [9.17, 15) is 9.59 Å². The second-order valence-electron chi connectivity index (χ2n) is 6.44. The van der Waals surface area contributed by atoms with Crippen LogP contribution in [0, 0.1) is 19.8 Å². The van der Waals surface area contributed by atoms with Gasteiger partial charge in [0.25, 0.3) is 0 Å². The normalized spacial score (nSPS) is 17.2. The van der Waals surface area contributed by atoms with Gasteiger partial charge in [-0.15, -0.1) is 10.2 Å². The minimum absolute atomic E-state index is 0.0159.